The standard InChI is InChI=1S/C23H23N5O2S/c1-23(11-25-12-23)13-26-21(30)16-7-8-18-19(9-16)31-22-27-17(10-28(18)22)14-3-5-15(6-4-14)20(29)24-2/h3-10,25H,11-13H2,1-2H3,(H,24,29)(H,26,30). The van der Waals surface area contributed by atoms with Gasteiger partial charge in [0.2, 0.25) is 0 Å². The molecular formula is C23H23N5O2S. The monoisotopic (exact) mass is 433 g/mol. The molecule has 7 nitrogen and oxygen atoms in total. The molecule has 3 N–H and O–H groups in total. The maximum atomic E-state index is 12.6. The van der Waals surface area contributed by atoms with Crippen LogP contribution in [0.1, 0.15) is 27.6 Å². The Bertz CT molecular complexity index is 1300. The topological polar surface area (TPSA) is 87.5 Å². The highest BCUT2D eigenvalue weighted by Gasteiger charge is 2.31. The number of amides is 2. The lowest BCUT2D eigenvalue weighted by atomic mass is 9.84. The van der Waals surface area contributed by atoms with E-state index in [0.717, 1.165) is 39.5 Å². The van der Waals surface area contributed by atoms with Crippen molar-refractivity contribution in [1.82, 2.24) is 25.3 Å². The SMILES string of the molecule is CNC(=O)c1ccc(-c2cn3c(n2)sc2cc(C(=O)NCC4(C)CNC4)ccc23)cc1. The summed E-state index contributed by atoms with van der Waals surface area (Å²) in [6, 6.07) is 13.2. The molecular weight excluding hydrogens is 410 g/mol. The van der Waals surface area contributed by atoms with Gasteiger partial charge in [-0.15, -0.1) is 0 Å². The van der Waals surface area contributed by atoms with Crippen LogP contribution in [0.25, 0.3) is 26.4 Å². The summed E-state index contributed by atoms with van der Waals surface area (Å²) in [4.78, 5) is 29.9. The Hall–Kier alpha value is -3.23. The number of carbonyl (C=O) groups is 2. The highest BCUT2D eigenvalue weighted by molar-refractivity contribution is 7.23. The Morgan fingerprint density at radius 1 is 1.13 bits per heavy atom. The number of nitrogens with zero attached hydrogens (tertiary/aromatic N) is 2. The summed E-state index contributed by atoms with van der Waals surface area (Å²) >= 11 is 1.56. The third kappa shape index (κ3) is 3.58. The van der Waals surface area contributed by atoms with Crippen LogP contribution in [-0.2, 0) is 0 Å². The van der Waals surface area contributed by atoms with Crippen LogP contribution in [0.4, 0.5) is 0 Å². The van der Waals surface area contributed by atoms with Gasteiger partial charge in [0, 0.05) is 55.0 Å². The molecule has 2 aromatic carbocycles. The molecule has 0 saturated carbocycles. The molecule has 1 aliphatic heterocycles. The number of hydrogen-bond donors (Lipinski definition) is 3. The molecule has 0 radical (unpaired) electrons. The number of imidazole rings is 1. The molecule has 1 aliphatic rings. The van der Waals surface area contributed by atoms with E-state index in [1.165, 1.54) is 0 Å². The predicted molar refractivity (Wildman–Crippen MR) is 123 cm³/mol. The van der Waals surface area contributed by atoms with Gasteiger partial charge in [0.25, 0.3) is 11.8 Å². The van der Waals surface area contributed by atoms with E-state index in [-0.39, 0.29) is 17.2 Å². The third-order valence-corrected chi connectivity index (χ3v) is 6.82. The van der Waals surface area contributed by atoms with Crippen LogP contribution < -0.4 is 16.0 Å². The van der Waals surface area contributed by atoms with Gasteiger partial charge in [0.05, 0.1) is 15.9 Å². The average molecular weight is 434 g/mol. The summed E-state index contributed by atoms with van der Waals surface area (Å²) < 4.78 is 3.07. The van der Waals surface area contributed by atoms with Gasteiger partial charge in [0.15, 0.2) is 4.96 Å². The maximum Gasteiger partial charge on any atom is 0.251 e. The van der Waals surface area contributed by atoms with Crippen LogP contribution in [0, 0.1) is 5.41 Å². The molecule has 1 saturated heterocycles. The van der Waals surface area contributed by atoms with E-state index < -0.39 is 0 Å². The van der Waals surface area contributed by atoms with E-state index in [4.69, 9.17) is 4.98 Å². The molecule has 2 aromatic heterocycles. The maximum absolute atomic E-state index is 12.6. The fourth-order valence-corrected chi connectivity index (χ4v) is 4.84. The first-order valence-corrected chi connectivity index (χ1v) is 11.0. The number of rotatable bonds is 5. The van der Waals surface area contributed by atoms with E-state index in [9.17, 15) is 9.59 Å². The van der Waals surface area contributed by atoms with E-state index in [1.807, 2.05) is 40.9 Å². The number of hydrogen-bond acceptors (Lipinski definition) is 5. The fourth-order valence-electron chi connectivity index (χ4n) is 3.79. The Kier molecular flexibility index (Phi) is 4.75. The Balaban J connectivity index is 1.39. The van der Waals surface area contributed by atoms with Crippen molar-refractivity contribution in [2.75, 3.05) is 26.7 Å². The van der Waals surface area contributed by atoms with Crippen molar-refractivity contribution in [3.63, 3.8) is 0 Å². The first-order chi connectivity index (χ1) is 15.0. The first kappa shape index (κ1) is 19.7. The van der Waals surface area contributed by atoms with Gasteiger partial charge in [-0.25, -0.2) is 4.98 Å². The largest absolute Gasteiger partial charge is 0.355 e. The normalized spacial score (nSPS) is 15.0. The van der Waals surface area contributed by atoms with Gasteiger partial charge >= 0.3 is 0 Å². The highest BCUT2D eigenvalue weighted by atomic mass is 32.1. The number of aromatic nitrogens is 2. The van der Waals surface area contributed by atoms with Gasteiger partial charge in [0.1, 0.15) is 0 Å². The zero-order chi connectivity index (χ0) is 21.6. The smallest absolute Gasteiger partial charge is 0.251 e. The van der Waals surface area contributed by atoms with Crippen molar-refractivity contribution in [2.45, 2.75) is 6.92 Å². The van der Waals surface area contributed by atoms with Gasteiger partial charge < -0.3 is 16.0 Å². The summed E-state index contributed by atoms with van der Waals surface area (Å²) in [5.41, 5.74) is 4.25. The predicted octanol–water partition coefficient (Wildman–Crippen LogP) is 2.91. The van der Waals surface area contributed by atoms with Crippen LogP contribution >= 0.6 is 11.3 Å². The molecule has 0 aliphatic carbocycles. The average Bonchev–Trinajstić information content (AvgIpc) is 3.33. The van der Waals surface area contributed by atoms with Crippen molar-refractivity contribution in [1.29, 1.82) is 0 Å². The lowest BCUT2D eigenvalue weighted by Crippen LogP contribution is -2.56. The van der Waals surface area contributed by atoms with Crippen molar-refractivity contribution in [2.24, 2.45) is 5.41 Å². The minimum absolute atomic E-state index is 0.0436. The zero-order valence-electron chi connectivity index (χ0n) is 17.4. The molecule has 158 valence electrons. The molecule has 5 rings (SSSR count). The van der Waals surface area contributed by atoms with Crippen LogP contribution in [-0.4, -0.2) is 47.9 Å². The van der Waals surface area contributed by atoms with Crippen LogP contribution in [0.2, 0.25) is 0 Å². The minimum Gasteiger partial charge on any atom is -0.355 e. The number of thiazole rings is 1. The molecule has 4 aromatic rings. The zero-order valence-corrected chi connectivity index (χ0v) is 18.2. The molecule has 31 heavy (non-hydrogen) atoms. The molecule has 0 spiro atoms. The molecule has 1 fully saturated rings. The van der Waals surface area contributed by atoms with Crippen LogP contribution in [0.15, 0.2) is 48.7 Å². The van der Waals surface area contributed by atoms with Gasteiger partial charge in [-0.05, 0) is 30.3 Å². The van der Waals surface area contributed by atoms with E-state index in [1.54, 1.807) is 30.5 Å². The van der Waals surface area contributed by atoms with E-state index >= 15 is 0 Å². The number of nitrogens with one attached hydrogen (secondary N) is 3. The molecule has 0 atom stereocenters. The van der Waals surface area contributed by atoms with Gasteiger partial charge in [-0.1, -0.05) is 30.4 Å². The van der Waals surface area contributed by atoms with Crippen molar-refractivity contribution >= 4 is 38.3 Å². The summed E-state index contributed by atoms with van der Waals surface area (Å²) in [5, 5.41) is 8.93. The summed E-state index contributed by atoms with van der Waals surface area (Å²) in [6.07, 6.45) is 1.99. The molecule has 0 bridgehead atoms. The van der Waals surface area contributed by atoms with Crippen LogP contribution in [0.5, 0.6) is 0 Å². The fraction of sp³-hybridized carbons (Fsp3) is 0.261. The van der Waals surface area contributed by atoms with Gasteiger partial charge in [-0.3, -0.25) is 14.0 Å². The van der Waals surface area contributed by atoms with Crippen molar-refractivity contribution < 1.29 is 9.59 Å². The third-order valence-electron chi connectivity index (χ3n) is 5.81. The van der Waals surface area contributed by atoms with Crippen molar-refractivity contribution in [3.8, 4) is 11.3 Å². The second-order valence-corrected chi connectivity index (χ2v) is 9.33. The number of fused-ring (bicyclic) bond motifs is 3. The van der Waals surface area contributed by atoms with Gasteiger partial charge in [-0.2, -0.15) is 0 Å². The van der Waals surface area contributed by atoms with E-state index in [2.05, 4.69) is 22.9 Å². The van der Waals surface area contributed by atoms with Crippen molar-refractivity contribution in [3.05, 3.63) is 59.8 Å². The summed E-state index contributed by atoms with van der Waals surface area (Å²) in [6.45, 7) is 4.72. The molecule has 3 heterocycles. The van der Waals surface area contributed by atoms with E-state index in [0.29, 0.717) is 17.7 Å². The lowest BCUT2D eigenvalue weighted by Gasteiger charge is -2.39. The molecule has 8 heteroatoms. The minimum atomic E-state index is -0.110. The molecule has 0 unspecified atom stereocenters. The van der Waals surface area contributed by atoms with Crippen LogP contribution in [0.3, 0.4) is 0 Å². The quantitative estimate of drug-likeness (QED) is 0.452. The first-order valence-electron chi connectivity index (χ1n) is 10.2. The Morgan fingerprint density at radius 2 is 1.87 bits per heavy atom. The summed E-state index contributed by atoms with van der Waals surface area (Å²) in [5.74, 6) is -0.153. The lowest BCUT2D eigenvalue weighted by molar-refractivity contribution is 0.0911. The molecule has 2 amide bonds. The Labute approximate surface area is 183 Å². The Morgan fingerprint density at radius 3 is 2.55 bits per heavy atom. The highest BCUT2D eigenvalue weighted by Crippen LogP contribution is 2.30. The summed E-state index contributed by atoms with van der Waals surface area (Å²) in [7, 11) is 1.62. The second kappa shape index (κ2) is 7.47. The second-order valence-electron chi connectivity index (χ2n) is 8.32. The number of carbonyl (C=O) groups excluding carboxylic acids is 2. The number of benzene rings is 2.